The molecule has 72 valence electrons. The fourth-order valence-electron chi connectivity index (χ4n) is 1.00. The number of hydrogen-bond acceptors (Lipinski definition) is 4. The fourth-order valence-corrected chi connectivity index (χ4v) is 1.00. The number of aliphatic hydroxyl groups excluding tert-OH is 1. The predicted molar refractivity (Wildman–Crippen MR) is 47.6 cm³/mol. The molecule has 0 radical (unpaired) electrons. The fraction of sp³-hybridized carbons (Fsp3) is 0.333. The second kappa shape index (κ2) is 3.85. The lowest BCUT2D eigenvalue weighted by Gasteiger charge is -2.26. The Morgan fingerprint density at radius 1 is 1.23 bits per heavy atom. The van der Waals surface area contributed by atoms with Gasteiger partial charge < -0.3 is 15.3 Å². The minimum atomic E-state index is -2.29. The zero-order valence-electron chi connectivity index (χ0n) is 7.31. The van der Waals surface area contributed by atoms with Crippen LogP contribution in [0.25, 0.3) is 0 Å². The van der Waals surface area contributed by atoms with Gasteiger partial charge in [0.05, 0.1) is 0 Å². The van der Waals surface area contributed by atoms with Crippen LogP contribution in [0.1, 0.15) is 11.7 Å². The zero-order valence-corrected chi connectivity index (χ0v) is 7.31. The van der Waals surface area contributed by atoms with Crippen molar-refractivity contribution in [3.8, 4) is 0 Å². The molecular formula is C9H13NO3. The van der Waals surface area contributed by atoms with E-state index in [9.17, 15) is 15.3 Å². The molecule has 0 aliphatic carbocycles. The number of hydrogen-bond donors (Lipinski definition) is 4. The lowest BCUT2D eigenvalue weighted by atomic mass is 10.1. The van der Waals surface area contributed by atoms with Gasteiger partial charge in [0.15, 0.2) is 0 Å². The highest BCUT2D eigenvalue weighted by Crippen LogP contribution is 2.20. The lowest BCUT2D eigenvalue weighted by Crippen LogP contribution is -2.48. The second-order valence-corrected chi connectivity index (χ2v) is 2.79. The molecule has 1 rings (SSSR count). The number of rotatable bonds is 3. The summed E-state index contributed by atoms with van der Waals surface area (Å²) in [4.78, 5) is 0. The first-order chi connectivity index (χ1) is 6.08. The molecule has 0 heterocycles. The molecule has 0 amide bonds. The summed E-state index contributed by atoms with van der Waals surface area (Å²) in [6.45, 7) is 0. The van der Waals surface area contributed by atoms with Crippen LogP contribution in [0.3, 0.4) is 0 Å². The van der Waals surface area contributed by atoms with Crippen LogP contribution in [0.4, 0.5) is 0 Å². The zero-order chi connectivity index (χ0) is 9.90. The molecule has 0 aromatic heterocycles. The molecule has 0 aliphatic rings. The summed E-state index contributed by atoms with van der Waals surface area (Å²) in [7, 11) is 1.35. The first-order valence-corrected chi connectivity index (χ1v) is 3.94. The molecule has 1 atom stereocenters. The normalized spacial score (nSPS) is 14.2. The van der Waals surface area contributed by atoms with Crippen LogP contribution in [0.2, 0.25) is 0 Å². The molecule has 1 aromatic rings. The Balaban J connectivity index is 2.85. The van der Waals surface area contributed by atoms with E-state index in [0.717, 1.165) is 0 Å². The molecule has 0 saturated carbocycles. The molecule has 0 bridgehead atoms. The van der Waals surface area contributed by atoms with Gasteiger partial charge >= 0.3 is 0 Å². The maximum Gasteiger partial charge on any atom is 0.253 e. The molecule has 0 fully saturated rings. The van der Waals surface area contributed by atoms with Gasteiger partial charge in [0.2, 0.25) is 0 Å². The third-order valence-corrected chi connectivity index (χ3v) is 1.86. The first-order valence-electron chi connectivity index (χ1n) is 3.94. The van der Waals surface area contributed by atoms with E-state index in [2.05, 4.69) is 5.32 Å². The smallest absolute Gasteiger partial charge is 0.253 e. The van der Waals surface area contributed by atoms with Gasteiger partial charge in [-0.2, -0.15) is 0 Å². The molecule has 1 unspecified atom stereocenters. The van der Waals surface area contributed by atoms with Gasteiger partial charge in [0.1, 0.15) is 6.10 Å². The Morgan fingerprint density at radius 2 is 1.77 bits per heavy atom. The topological polar surface area (TPSA) is 72.7 Å². The summed E-state index contributed by atoms with van der Waals surface area (Å²) in [6.07, 6.45) is -1.36. The van der Waals surface area contributed by atoms with Crippen molar-refractivity contribution >= 4 is 0 Å². The Labute approximate surface area is 76.5 Å². The molecule has 0 spiro atoms. The minimum Gasteiger partial charge on any atom is -0.381 e. The van der Waals surface area contributed by atoms with Gasteiger partial charge in [-0.1, -0.05) is 30.3 Å². The van der Waals surface area contributed by atoms with Crippen molar-refractivity contribution in [3.05, 3.63) is 35.9 Å². The average Bonchev–Trinajstić information content (AvgIpc) is 2.18. The summed E-state index contributed by atoms with van der Waals surface area (Å²) in [6, 6.07) is 8.44. The van der Waals surface area contributed by atoms with Gasteiger partial charge in [-0.15, -0.1) is 0 Å². The van der Waals surface area contributed by atoms with E-state index in [0.29, 0.717) is 5.56 Å². The second-order valence-electron chi connectivity index (χ2n) is 2.79. The van der Waals surface area contributed by atoms with Crippen LogP contribution >= 0.6 is 0 Å². The summed E-state index contributed by atoms with van der Waals surface area (Å²) in [5.74, 6) is -2.29. The first kappa shape index (κ1) is 10.1. The van der Waals surface area contributed by atoms with Crippen molar-refractivity contribution in [1.82, 2.24) is 5.32 Å². The Morgan fingerprint density at radius 3 is 2.23 bits per heavy atom. The Kier molecular flexibility index (Phi) is 3.00. The van der Waals surface area contributed by atoms with Gasteiger partial charge in [-0.3, -0.25) is 5.32 Å². The Bertz CT molecular complexity index is 261. The van der Waals surface area contributed by atoms with Crippen molar-refractivity contribution in [3.63, 3.8) is 0 Å². The van der Waals surface area contributed by atoms with E-state index in [1.54, 1.807) is 30.3 Å². The van der Waals surface area contributed by atoms with Crippen molar-refractivity contribution in [2.75, 3.05) is 7.05 Å². The third kappa shape index (κ3) is 2.26. The summed E-state index contributed by atoms with van der Waals surface area (Å²) in [5.41, 5.74) is 0.446. The highest BCUT2D eigenvalue weighted by Gasteiger charge is 2.32. The number of benzene rings is 1. The SMILES string of the molecule is CNC(O)(O)C(O)c1ccccc1. The van der Waals surface area contributed by atoms with Crippen LogP contribution in [-0.4, -0.2) is 28.3 Å². The average molecular weight is 183 g/mol. The van der Waals surface area contributed by atoms with E-state index in [1.165, 1.54) is 7.05 Å². The van der Waals surface area contributed by atoms with Gasteiger partial charge in [-0.25, -0.2) is 0 Å². The quantitative estimate of drug-likeness (QED) is 0.480. The molecule has 1 aromatic carbocycles. The summed E-state index contributed by atoms with van der Waals surface area (Å²) < 4.78 is 0. The highest BCUT2D eigenvalue weighted by molar-refractivity contribution is 5.18. The number of nitrogens with one attached hydrogen (secondary N) is 1. The number of likely N-dealkylation sites (N-methyl/N-ethyl adjacent to an activating group) is 1. The van der Waals surface area contributed by atoms with Crippen LogP contribution in [0, 0.1) is 0 Å². The number of aliphatic hydroxyl groups is 3. The third-order valence-electron chi connectivity index (χ3n) is 1.86. The van der Waals surface area contributed by atoms with Crippen molar-refractivity contribution in [2.24, 2.45) is 0 Å². The van der Waals surface area contributed by atoms with Crippen LogP contribution in [0.5, 0.6) is 0 Å². The predicted octanol–water partition coefficient (Wildman–Crippen LogP) is -0.422. The maximum atomic E-state index is 9.49. The molecular weight excluding hydrogens is 170 g/mol. The van der Waals surface area contributed by atoms with E-state index in [1.807, 2.05) is 0 Å². The molecule has 0 aliphatic heterocycles. The summed E-state index contributed by atoms with van der Waals surface area (Å²) >= 11 is 0. The molecule has 4 N–H and O–H groups in total. The van der Waals surface area contributed by atoms with Gasteiger partial charge in [0, 0.05) is 0 Å². The molecule has 4 heteroatoms. The van der Waals surface area contributed by atoms with Crippen molar-refractivity contribution in [1.29, 1.82) is 0 Å². The monoisotopic (exact) mass is 183 g/mol. The van der Waals surface area contributed by atoms with Crippen molar-refractivity contribution in [2.45, 2.75) is 12.0 Å². The van der Waals surface area contributed by atoms with E-state index < -0.39 is 12.0 Å². The molecule has 13 heavy (non-hydrogen) atoms. The van der Waals surface area contributed by atoms with Crippen LogP contribution in [0.15, 0.2) is 30.3 Å². The maximum absolute atomic E-state index is 9.49. The van der Waals surface area contributed by atoms with Crippen molar-refractivity contribution < 1.29 is 15.3 Å². The van der Waals surface area contributed by atoms with Crippen LogP contribution < -0.4 is 5.32 Å². The standard InChI is InChI=1S/C9H13NO3/c1-10-9(12,13)8(11)7-5-3-2-4-6-7/h2-6,8,10-13H,1H3. The minimum absolute atomic E-state index is 0.446. The van der Waals surface area contributed by atoms with E-state index in [4.69, 9.17) is 0 Å². The summed E-state index contributed by atoms with van der Waals surface area (Å²) in [5, 5.41) is 30.2. The largest absolute Gasteiger partial charge is 0.381 e. The van der Waals surface area contributed by atoms with Gasteiger partial charge in [-0.05, 0) is 12.6 Å². The van der Waals surface area contributed by atoms with E-state index in [-0.39, 0.29) is 0 Å². The lowest BCUT2D eigenvalue weighted by molar-refractivity contribution is -0.244. The van der Waals surface area contributed by atoms with E-state index >= 15 is 0 Å². The molecule has 4 nitrogen and oxygen atoms in total. The molecule has 0 saturated heterocycles. The Hall–Kier alpha value is -0.940. The highest BCUT2D eigenvalue weighted by atomic mass is 16.5. The van der Waals surface area contributed by atoms with Crippen LogP contribution in [-0.2, 0) is 0 Å². The van der Waals surface area contributed by atoms with Gasteiger partial charge in [0.25, 0.3) is 5.91 Å².